The largest absolute Gasteiger partial charge is 0.114 e. The van der Waals surface area contributed by atoms with Crippen molar-refractivity contribution in [2.45, 2.75) is 80.4 Å². The van der Waals surface area contributed by atoms with E-state index < -0.39 is 15.9 Å². The molecule has 0 bridgehead atoms. The highest BCUT2D eigenvalue weighted by molar-refractivity contribution is 7.42. The second-order valence-corrected chi connectivity index (χ2v) is 19.4. The van der Waals surface area contributed by atoms with Crippen LogP contribution in [0.3, 0.4) is 0 Å². The summed E-state index contributed by atoms with van der Waals surface area (Å²) in [5, 5.41) is 3.46. The molecule has 26 heavy (non-hydrogen) atoms. The molecule has 0 fully saturated rings. The Morgan fingerprint density at radius 3 is 1.08 bits per heavy atom. The zero-order valence-corrected chi connectivity index (χ0v) is 20.4. The van der Waals surface area contributed by atoms with Gasteiger partial charge in [0.25, 0.3) is 0 Å². The first kappa shape index (κ1) is 21.2. The molecule has 0 heterocycles. The molecule has 0 atom stereocenters. The summed E-state index contributed by atoms with van der Waals surface area (Å²) in [6, 6.07) is 13.9. The van der Waals surface area contributed by atoms with Gasteiger partial charge in [-0.05, 0) is 41.5 Å². The van der Waals surface area contributed by atoms with Crippen molar-refractivity contribution in [3.63, 3.8) is 0 Å². The van der Waals surface area contributed by atoms with Crippen molar-refractivity contribution in [2.75, 3.05) is 0 Å². The minimum atomic E-state index is -1.39. The Morgan fingerprint density at radius 2 is 0.846 bits per heavy atom. The van der Waals surface area contributed by atoms with Crippen LogP contribution in [0.15, 0.2) is 24.3 Å². The first-order chi connectivity index (χ1) is 12.2. The number of hydrogen-bond acceptors (Lipinski definition) is 0. The number of hydrogen-bond donors (Lipinski definition) is 0. The molecular weight excluding hydrogens is 344 g/mol. The van der Waals surface area contributed by atoms with Crippen molar-refractivity contribution in [1.29, 1.82) is 0 Å². The molecule has 0 aliphatic heterocycles. The van der Waals surface area contributed by atoms with E-state index in [2.05, 4.69) is 86.6 Å². The molecule has 0 N–H and O–H groups in total. The molecule has 141 valence electrons. The van der Waals surface area contributed by atoms with Gasteiger partial charge in [0.1, 0.15) is 8.31 Å². The van der Waals surface area contributed by atoms with E-state index in [0.29, 0.717) is 0 Å². The van der Waals surface area contributed by atoms with Crippen LogP contribution in [0.25, 0.3) is 0 Å². The topological polar surface area (TPSA) is 0 Å². The quantitative estimate of drug-likeness (QED) is 0.560. The Labute approximate surface area is 164 Å². The third-order valence-electron chi connectivity index (χ3n) is 6.41. The van der Waals surface area contributed by atoms with Crippen LogP contribution in [0.1, 0.15) is 54.2 Å². The lowest BCUT2D eigenvalue weighted by atomic mass is 10.1. The van der Waals surface area contributed by atoms with Gasteiger partial charge in [-0.1, -0.05) is 107 Å². The molecule has 0 aromatic heterocycles. The van der Waals surface area contributed by atoms with Crippen molar-refractivity contribution < 1.29 is 0 Å². The summed E-state index contributed by atoms with van der Waals surface area (Å²) in [5.74, 6) is 0. The third kappa shape index (κ3) is 3.77. The monoisotopic (exact) mass is 381 g/mol. The van der Waals surface area contributed by atoms with E-state index in [-0.39, 0.29) is 0 Å². The fourth-order valence-electron chi connectivity index (χ4n) is 5.08. The van der Waals surface area contributed by atoms with E-state index in [1.807, 2.05) is 0 Å². The molecule has 1 radical (unpaired) electrons. The van der Waals surface area contributed by atoms with Crippen LogP contribution in [-0.4, -0.2) is 15.9 Å². The maximum absolute atomic E-state index is 2.47. The highest BCUT2D eigenvalue weighted by Gasteiger charge is 2.42. The van der Waals surface area contributed by atoms with Crippen LogP contribution in [0.4, 0.5) is 0 Å². The van der Waals surface area contributed by atoms with Gasteiger partial charge in [0.2, 0.25) is 0 Å². The molecule has 0 saturated carbocycles. The normalized spacial score (nSPS) is 12.1. The lowest BCUT2D eigenvalue weighted by molar-refractivity contribution is 1.21. The van der Waals surface area contributed by atoms with Gasteiger partial charge in [-0.25, -0.2) is 0 Å². The molecule has 0 aliphatic carbocycles. The van der Waals surface area contributed by atoms with Crippen LogP contribution in [0, 0.1) is 41.5 Å². The van der Waals surface area contributed by atoms with E-state index in [9.17, 15) is 0 Å². The summed E-state index contributed by atoms with van der Waals surface area (Å²) in [6.45, 7) is 21.3. The standard InChI is InChI=1S/C24H37Si2/c1-10-26(11-2,12-3)25(23-19(6)13-17(4)14-20(23)7)24-21(8)15-18(5)16-22(24)9/h13-16H,10-12H2,1-9H3. The maximum Gasteiger partial charge on any atom is 0.114 e. The average Bonchev–Trinajstić information content (AvgIpc) is 2.54. The van der Waals surface area contributed by atoms with E-state index in [1.165, 1.54) is 51.5 Å². The zero-order chi connectivity index (χ0) is 19.6. The summed E-state index contributed by atoms with van der Waals surface area (Å²) in [7, 11) is -2.15. The van der Waals surface area contributed by atoms with Crippen LogP contribution in [0.5, 0.6) is 0 Å². The van der Waals surface area contributed by atoms with Gasteiger partial charge in [0, 0.05) is 0 Å². The Morgan fingerprint density at radius 1 is 0.577 bits per heavy atom. The van der Waals surface area contributed by atoms with Crippen LogP contribution >= 0.6 is 0 Å². The van der Waals surface area contributed by atoms with Crippen molar-refractivity contribution in [1.82, 2.24) is 0 Å². The lowest BCUT2D eigenvalue weighted by Crippen LogP contribution is -2.65. The lowest BCUT2D eigenvalue weighted by Gasteiger charge is -2.39. The summed E-state index contributed by atoms with van der Waals surface area (Å²) in [4.78, 5) is 0. The van der Waals surface area contributed by atoms with E-state index in [1.54, 1.807) is 10.4 Å². The molecule has 0 spiro atoms. The van der Waals surface area contributed by atoms with E-state index in [0.717, 1.165) is 0 Å². The van der Waals surface area contributed by atoms with Gasteiger partial charge in [-0.3, -0.25) is 0 Å². The molecule has 0 saturated heterocycles. The highest BCUT2D eigenvalue weighted by Crippen LogP contribution is 2.27. The predicted molar refractivity (Wildman–Crippen MR) is 124 cm³/mol. The van der Waals surface area contributed by atoms with Gasteiger partial charge in [0.15, 0.2) is 0 Å². The maximum atomic E-state index is 2.47. The number of benzene rings is 2. The minimum absolute atomic E-state index is 0.765. The molecular formula is C24H37Si2. The average molecular weight is 382 g/mol. The van der Waals surface area contributed by atoms with E-state index in [4.69, 9.17) is 0 Å². The SMILES string of the molecule is CC[Si](CC)(CC)[Si](c1c(C)cc(C)cc1C)c1c(C)cc(C)cc1C. The summed E-state index contributed by atoms with van der Waals surface area (Å²) >= 11 is 0. The van der Waals surface area contributed by atoms with E-state index >= 15 is 0 Å². The first-order valence-corrected chi connectivity index (χ1v) is 15.4. The van der Waals surface area contributed by atoms with Gasteiger partial charge in [-0.2, -0.15) is 0 Å². The van der Waals surface area contributed by atoms with Crippen LogP contribution in [0.2, 0.25) is 18.1 Å². The molecule has 0 unspecified atom stereocenters. The van der Waals surface area contributed by atoms with Gasteiger partial charge < -0.3 is 0 Å². The first-order valence-electron chi connectivity index (χ1n) is 10.2. The van der Waals surface area contributed by atoms with Crippen molar-refractivity contribution in [3.05, 3.63) is 57.6 Å². The van der Waals surface area contributed by atoms with Gasteiger partial charge in [-0.15, -0.1) is 0 Å². The van der Waals surface area contributed by atoms with Crippen LogP contribution < -0.4 is 10.4 Å². The highest BCUT2D eigenvalue weighted by atomic mass is 29.2. The number of aryl methyl sites for hydroxylation is 6. The molecule has 0 aliphatic rings. The minimum Gasteiger partial charge on any atom is -0.0680 e. The van der Waals surface area contributed by atoms with Gasteiger partial charge in [0.05, 0.1) is 7.59 Å². The summed E-state index contributed by atoms with van der Waals surface area (Å²) in [5.41, 5.74) is 8.93. The smallest absolute Gasteiger partial charge is 0.0680 e. The fraction of sp³-hybridized carbons (Fsp3) is 0.500. The van der Waals surface area contributed by atoms with Gasteiger partial charge >= 0.3 is 0 Å². The Hall–Kier alpha value is -1.13. The van der Waals surface area contributed by atoms with Crippen molar-refractivity contribution in [2.24, 2.45) is 0 Å². The molecule has 0 amide bonds. The van der Waals surface area contributed by atoms with Crippen LogP contribution in [-0.2, 0) is 0 Å². The Kier molecular flexibility index (Phi) is 6.73. The summed E-state index contributed by atoms with van der Waals surface area (Å²) in [6.07, 6.45) is 0. The summed E-state index contributed by atoms with van der Waals surface area (Å²) < 4.78 is 0. The number of rotatable bonds is 6. The van der Waals surface area contributed by atoms with Crippen molar-refractivity contribution in [3.8, 4) is 0 Å². The zero-order valence-electron chi connectivity index (χ0n) is 18.4. The molecule has 0 nitrogen and oxygen atoms in total. The predicted octanol–water partition coefficient (Wildman–Crippen LogP) is 5.73. The Balaban J connectivity index is 2.90. The second-order valence-electron chi connectivity index (χ2n) is 8.26. The Bertz CT molecular complexity index is 673. The third-order valence-corrected chi connectivity index (χ3v) is 22.0. The fourth-order valence-corrected chi connectivity index (χ4v) is 19.6. The molecule has 2 heteroatoms. The molecule has 2 aromatic rings. The second kappa shape index (κ2) is 8.27. The molecule has 2 aromatic carbocycles. The van der Waals surface area contributed by atoms with Crippen molar-refractivity contribution >= 4 is 26.3 Å². The molecule has 2 rings (SSSR count).